The summed E-state index contributed by atoms with van der Waals surface area (Å²) in [7, 11) is 2.92. The number of amides is 2. The van der Waals surface area contributed by atoms with Crippen LogP contribution in [0, 0.1) is 0 Å². The SMILES string of the molecule is CCN1C(=O)CCc2c(NC(=O)C=C3CC(COC)(COC)Oc4cc(C(F)(F)F)ccc43)cccc21. The van der Waals surface area contributed by atoms with E-state index < -0.39 is 23.2 Å². The van der Waals surface area contributed by atoms with Gasteiger partial charge >= 0.3 is 6.18 Å². The number of alkyl halides is 3. The van der Waals surface area contributed by atoms with Crippen molar-refractivity contribution in [3.05, 3.63) is 59.2 Å². The minimum atomic E-state index is -4.55. The summed E-state index contributed by atoms with van der Waals surface area (Å²) in [6, 6.07) is 8.61. The topological polar surface area (TPSA) is 77.1 Å². The molecule has 0 aromatic heterocycles. The molecule has 0 atom stereocenters. The summed E-state index contributed by atoms with van der Waals surface area (Å²) in [5.74, 6) is -0.409. The Bertz CT molecular complexity index is 1220. The molecule has 0 aliphatic carbocycles. The van der Waals surface area contributed by atoms with Gasteiger partial charge in [-0.3, -0.25) is 9.59 Å². The van der Waals surface area contributed by atoms with E-state index in [2.05, 4.69) is 5.32 Å². The Morgan fingerprint density at radius 1 is 1.16 bits per heavy atom. The molecule has 10 heteroatoms. The molecule has 37 heavy (non-hydrogen) atoms. The zero-order chi connectivity index (χ0) is 26.8. The third-order valence-electron chi connectivity index (χ3n) is 6.52. The van der Waals surface area contributed by atoms with Gasteiger partial charge in [-0.1, -0.05) is 12.1 Å². The molecule has 0 radical (unpaired) electrons. The second-order valence-electron chi connectivity index (χ2n) is 9.14. The second-order valence-corrected chi connectivity index (χ2v) is 9.14. The van der Waals surface area contributed by atoms with E-state index in [-0.39, 0.29) is 31.3 Å². The van der Waals surface area contributed by atoms with Gasteiger partial charge in [0.1, 0.15) is 5.75 Å². The number of hydrogen-bond acceptors (Lipinski definition) is 5. The molecular weight excluding hydrogens is 489 g/mol. The first-order valence-corrected chi connectivity index (χ1v) is 11.9. The highest BCUT2D eigenvalue weighted by molar-refractivity contribution is 6.06. The zero-order valence-corrected chi connectivity index (χ0v) is 20.9. The zero-order valence-electron chi connectivity index (χ0n) is 20.9. The van der Waals surface area contributed by atoms with Gasteiger partial charge in [0.2, 0.25) is 11.8 Å². The number of benzene rings is 2. The van der Waals surface area contributed by atoms with Crippen molar-refractivity contribution < 1.29 is 37.0 Å². The lowest BCUT2D eigenvalue weighted by Gasteiger charge is -2.39. The van der Waals surface area contributed by atoms with Gasteiger partial charge in [-0.25, -0.2) is 0 Å². The Morgan fingerprint density at radius 2 is 1.89 bits per heavy atom. The van der Waals surface area contributed by atoms with Gasteiger partial charge in [0.05, 0.1) is 18.8 Å². The van der Waals surface area contributed by atoms with E-state index in [1.54, 1.807) is 17.0 Å². The highest BCUT2D eigenvalue weighted by Crippen LogP contribution is 2.44. The van der Waals surface area contributed by atoms with Crippen LogP contribution in [-0.2, 0) is 31.7 Å². The van der Waals surface area contributed by atoms with E-state index in [1.165, 1.54) is 26.4 Å². The van der Waals surface area contributed by atoms with Crippen LogP contribution in [-0.4, -0.2) is 51.4 Å². The van der Waals surface area contributed by atoms with E-state index in [9.17, 15) is 22.8 Å². The van der Waals surface area contributed by atoms with Crippen molar-refractivity contribution in [3.63, 3.8) is 0 Å². The average Bonchev–Trinajstić information content (AvgIpc) is 2.83. The molecule has 198 valence electrons. The van der Waals surface area contributed by atoms with Gasteiger partial charge in [-0.15, -0.1) is 0 Å². The van der Waals surface area contributed by atoms with Crippen molar-refractivity contribution in [2.75, 3.05) is 44.2 Å². The van der Waals surface area contributed by atoms with Gasteiger partial charge < -0.3 is 24.4 Å². The summed E-state index contributed by atoms with van der Waals surface area (Å²) in [4.78, 5) is 27.2. The fourth-order valence-electron chi connectivity index (χ4n) is 5.00. The highest BCUT2D eigenvalue weighted by atomic mass is 19.4. The Hall–Kier alpha value is -3.37. The molecule has 2 aliphatic heterocycles. The standard InChI is InChI=1S/C27H29F3N2O5/c1-4-32-22-7-5-6-21(20(22)10-11-25(32)34)31-24(33)12-17-14-26(15-35-2,16-36-3)37-23-13-18(27(28,29)30)8-9-19(17)23/h5-9,12-13H,4,10-11,14-16H2,1-3H3,(H,31,33). The summed E-state index contributed by atoms with van der Waals surface area (Å²) in [5, 5.41) is 2.90. The average molecular weight is 519 g/mol. The smallest absolute Gasteiger partial charge is 0.416 e. The number of fused-ring (bicyclic) bond motifs is 2. The lowest BCUT2D eigenvalue weighted by atomic mass is 9.86. The van der Waals surface area contributed by atoms with Crippen LogP contribution in [0.1, 0.15) is 36.5 Å². The summed E-state index contributed by atoms with van der Waals surface area (Å²) in [6.45, 7) is 2.50. The van der Waals surface area contributed by atoms with Crippen molar-refractivity contribution in [2.45, 2.75) is 38.0 Å². The van der Waals surface area contributed by atoms with Gasteiger partial charge in [-0.2, -0.15) is 13.2 Å². The lowest BCUT2D eigenvalue weighted by Crippen LogP contribution is -2.47. The van der Waals surface area contributed by atoms with Gasteiger partial charge in [0.25, 0.3) is 0 Å². The molecule has 0 fully saturated rings. The minimum Gasteiger partial charge on any atom is -0.481 e. The maximum absolute atomic E-state index is 13.4. The number of hydrogen-bond donors (Lipinski definition) is 1. The predicted octanol–water partition coefficient (Wildman–Crippen LogP) is 4.84. The number of carbonyl (C=O) groups excluding carboxylic acids is 2. The highest BCUT2D eigenvalue weighted by Gasteiger charge is 2.41. The third-order valence-corrected chi connectivity index (χ3v) is 6.52. The number of anilines is 2. The van der Waals surface area contributed by atoms with E-state index >= 15 is 0 Å². The maximum atomic E-state index is 13.4. The Morgan fingerprint density at radius 3 is 2.54 bits per heavy atom. The van der Waals surface area contributed by atoms with Crippen molar-refractivity contribution >= 4 is 28.8 Å². The van der Waals surface area contributed by atoms with E-state index in [1.807, 2.05) is 13.0 Å². The molecule has 0 unspecified atom stereocenters. The molecular formula is C27H29F3N2O5. The van der Waals surface area contributed by atoms with Crippen LogP contribution >= 0.6 is 0 Å². The number of nitrogens with one attached hydrogen (secondary N) is 1. The summed E-state index contributed by atoms with van der Waals surface area (Å²) in [5.41, 5.74) is 1.14. The molecule has 0 spiro atoms. The Balaban J connectivity index is 1.70. The molecule has 1 N–H and O–H groups in total. The first-order valence-electron chi connectivity index (χ1n) is 11.9. The largest absolute Gasteiger partial charge is 0.481 e. The minimum absolute atomic E-state index is 0.00316. The number of rotatable bonds is 7. The van der Waals surface area contributed by atoms with Crippen molar-refractivity contribution in [3.8, 4) is 5.75 Å². The van der Waals surface area contributed by atoms with E-state index in [0.29, 0.717) is 36.2 Å². The first-order chi connectivity index (χ1) is 17.6. The normalized spacial score (nSPS) is 17.7. The van der Waals surface area contributed by atoms with Crippen LogP contribution < -0.4 is 15.0 Å². The quantitative estimate of drug-likeness (QED) is 0.531. The van der Waals surface area contributed by atoms with Crippen LogP contribution in [0.3, 0.4) is 0 Å². The van der Waals surface area contributed by atoms with E-state index in [0.717, 1.165) is 23.4 Å². The number of methoxy groups -OCH3 is 2. The summed E-state index contributed by atoms with van der Waals surface area (Å²) < 4.78 is 56.8. The molecule has 0 saturated heterocycles. The third kappa shape index (κ3) is 5.50. The van der Waals surface area contributed by atoms with Crippen LogP contribution in [0.25, 0.3) is 5.57 Å². The molecule has 2 amide bonds. The molecule has 0 bridgehead atoms. The van der Waals surface area contributed by atoms with Crippen molar-refractivity contribution in [2.24, 2.45) is 0 Å². The summed E-state index contributed by atoms with van der Waals surface area (Å²) in [6.07, 6.45) is -2.15. The van der Waals surface area contributed by atoms with Crippen LogP contribution in [0.15, 0.2) is 42.5 Å². The molecule has 2 aromatic carbocycles. The number of ether oxygens (including phenoxy) is 3. The van der Waals surface area contributed by atoms with E-state index in [4.69, 9.17) is 14.2 Å². The Labute approximate surface area is 213 Å². The van der Waals surface area contributed by atoms with Gasteiger partial charge in [0.15, 0.2) is 5.60 Å². The number of nitrogens with zero attached hydrogens (tertiary/aromatic N) is 1. The van der Waals surface area contributed by atoms with Crippen molar-refractivity contribution in [1.82, 2.24) is 0 Å². The number of halogens is 3. The monoisotopic (exact) mass is 518 g/mol. The van der Waals surface area contributed by atoms with Crippen LogP contribution in [0.5, 0.6) is 5.75 Å². The lowest BCUT2D eigenvalue weighted by molar-refractivity contribution is -0.138. The van der Waals surface area contributed by atoms with Crippen molar-refractivity contribution in [1.29, 1.82) is 0 Å². The Kier molecular flexibility index (Phi) is 7.61. The molecule has 4 rings (SSSR count). The molecule has 0 saturated carbocycles. The molecule has 7 nitrogen and oxygen atoms in total. The molecule has 2 aliphatic rings. The molecule has 2 heterocycles. The fourth-order valence-corrected chi connectivity index (χ4v) is 5.00. The molecule has 2 aromatic rings. The second kappa shape index (κ2) is 10.5. The number of carbonyl (C=O) groups is 2. The predicted molar refractivity (Wildman–Crippen MR) is 133 cm³/mol. The van der Waals surface area contributed by atoms with Gasteiger partial charge in [-0.05, 0) is 48.7 Å². The van der Waals surface area contributed by atoms with Crippen LogP contribution in [0.2, 0.25) is 0 Å². The maximum Gasteiger partial charge on any atom is 0.416 e. The fraction of sp³-hybridized carbons (Fsp3) is 0.407. The first kappa shape index (κ1) is 26.7. The van der Waals surface area contributed by atoms with Crippen LogP contribution in [0.4, 0.5) is 24.5 Å². The summed E-state index contributed by atoms with van der Waals surface area (Å²) >= 11 is 0. The van der Waals surface area contributed by atoms with Gasteiger partial charge in [0, 0.05) is 56.6 Å².